The minimum atomic E-state index is -0.0963. The van der Waals surface area contributed by atoms with E-state index in [0.29, 0.717) is 12.0 Å². The summed E-state index contributed by atoms with van der Waals surface area (Å²) in [5, 5.41) is 7.37. The fraction of sp³-hybridized carbons (Fsp3) is 0.278. The van der Waals surface area contributed by atoms with Crippen LogP contribution in [0.3, 0.4) is 0 Å². The first-order chi connectivity index (χ1) is 11.6. The number of H-pyrrole nitrogens is 1. The first-order valence-corrected chi connectivity index (χ1v) is 7.94. The smallest absolute Gasteiger partial charge is 0.254 e. The number of carbonyl (C=O) groups excluding carboxylic acids is 1. The molecular weight excluding hydrogens is 302 g/mol. The summed E-state index contributed by atoms with van der Waals surface area (Å²) in [4.78, 5) is 19.8. The molecule has 6 nitrogen and oxygen atoms in total. The predicted octanol–water partition coefficient (Wildman–Crippen LogP) is 2.04. The van der Waals surface area contributed by atoms with Crippen LogP contribution in [0.5, 0.6) is 0 Å². The van der Waals surface area contributed by atoms with Gasteiger partial charge in [-0.25, -0.2) is 4.98 Å². The summed E-state index contributed by atoms with van der Waals surface area (Å²) in [6, 6.07) is 10.1. The van der Waals surface area contributed by atoms with Gasteiger partial charge >= 0.3 is 0 Å². The molecule has 0 aliphatic rings. The normalized spacial score (nSPS) is 12.1. The van der Waals surface area contributed by atoms with Gasteiger partial charge in [-0.2, -0.15) is 5.10 Å². The van der Waals surface area contributed by atoms with Crippen molar-refractivity contribution in [3.63, 3.8) is 0 Å². The number of benzene rings is 1. The lowest BCUT2D eigenvalue weighted by Gasteiger charge is -2.18. The summed E-state index contributed by atoms with van der Waals surface area (Å²) in [6.07, 6.45) is 6.65. The van der Waals surface area contributed by atoms with Crippen molar-refractivity contribution in [2.24, 2.45) is 7.05 Å². The number of hydrogen-bond acceptors (Lipinski definition) is 3. The van der Waals surface area contributed by atoms with Gasteiger partial charge in [0.05, 0.1) is 17.6 Å². The number of aromatic nitrogens is 4. The average Bonchev–Trinajstić information content (AvgIpc) is 3.17. The zero-order chi connectivity index (χ0) is 16.9. The van der Waals surface area contributed by atoms with Crippen molar-refractivity contribution in [1.82, 2.24) is 25.1 Å². The number of aryl methyl sites for hydroxylation is 2. The minimum absolute atomic E-state index is 0.0278. The maximum absolute atomic E-state index is 12.6. The molecule has 1 atom stereocenters. The molecule has 24 heavy (non-hydrogen) atoms. The Bertz CT molecular complexity index is 792. The van der Waals surface area contributed by atoms with Gasteiger partial charge in [0.25, 0.3) is 5.91 Å². The Balaban J connectivity index is 1.76. The standard InChI is InChI=1S/C18H21N5O/c1-13-17(11-23(2)22-13)18(24)21-15(9-16-10-19-12-20-16)8-14-6-4-3-5-7-14/h3-7,10-12,15H,8-9H2,1-2H3,(H,19,20)(H,21,24)/t15-/m0/s1. The third-order valence-electron chi connectivity index (χ3n) is 3.94. The van der Waals surface area contributed by atoms with Gasteiger partial charge in [0.1, 0.15) is 0 Å². The number of imidazole rings is 1. The van der Waals surface area contributed by atoms with Gasteiger partial charge in [-0.3, -0.25) is 9.48 Å². The molecule has 2 aromatic heterocycles. The van der Waals surface area contributed by atoms with E-state index in [4.69, 9.17) is 0 Å². The maximum atomic E-state index is 12.6. The van der Waals surface area contributed by atoms with Crippen molar-refractivity contribution in [2.45, 2.75) is 25.8 Å². The third-order valence-corrected chi connectivity index (χ3v) is 3.94. The number of hydrogen-bond donors (Lipinski definition) is 2. The highest BCUT2D eigenvalue weighted by Crippen LogP contribution is 2.10. The summed E-state index contributed by atoms with van der Waals surface area (Å²) in [6.45, 7) is 1.84. The minimum Gasteiger partial charge on any atom is -0.348 e. The fourth-order valence-electron chi connectivity index (χ4n) is 2.82. The molecule has 6 heteroatoms. The van der Waals surface area contributed by atoms with Gasteiger partial charge in [-0.1, -0.05) is 30.3 Å². The van der Waals surface area contributed by atoms with Crippen LogP contribution in [-0.4, -0.2) is 31.7 Å². The van der Waals surface area contributed by atoms with Gasteiger partial charge in [-0.15, -0.1) is 0 Å². The van der Waals surface area contributed by atoms with E-state index in [1.54, 1.807) is 23.4 Å². The van der Waals surface area contributed by atoms with E-state index in [1.807, 2.05) is 32.2 Å². The van der Waals surface area contributed by atoms with Crippen LogP contribution in [0.25, 0.3) is 0 Å². The van der Waals surface area contributed by atoms with E-state index >= 15 is 0 Å². The SMILES string of the molecule is Cc1nn(C)cc1C(=O)N[C@@H](Cc1ccccc1)Cc1cnc[nH]1. The molecular formula is C18H21N5O. The zero-order valence-corrected chi connectivity index (χ0v) is 13.9. The quantitative estimate of drug-likeness (QED) is 0.729. The first-order valence-electron chi connectivity index (χ1n) is 7.94. The fourth-order valence-corrected chi connectivity index (χ4v) is 2.82. The summed E-state index contributed by atoms with van der Waals surface area (Å²) < 4.78 is 1.66. The topological polar surface area (TPSA) is 75.6 Å². The molecule has 0 spiro atoms. The Morgan fingerprint density at radius 1 is 1.29 bits per heavy atom. The molecule has 3 rings (SSSR count). The molecule has 1 aromatic carbocycles. The lowest BCUT2D eigenvalue weighted by atomic mass is 10.0. The zero-order valence-electron chi connectivity index (χ0n) is 13.9. The van der Waals surface area contributed by atoms with Crippen LogP contribution in [0.1, 0.15) is 27.3 Å². The molecule has 1 amide bonds. The Kier molecular flexibility index (Phi) is 4.74. The Labute approximate surface area is 140 Å². The molecule has 0 aliphatic heterocycles. The van der Waals surface area contributed by atoms with E-state index in [2.05, 4.69) is 32.5 Å². The second-order valence-corrected chi connectivity index (χ2v) is 5.94. The van der Waals surface area contributed by atoms with Gasteiger partial charge in [0.15, 0.2) is 0 Å². The molecule has 2 heterocycles. The Morgan fingerprint density at radius 3 is 2.71 bits per heavy atom. The van der Waals surface area contributed by atoms with Gasteiger partial charge < -0.3 is 10.3 Å². The number of amides is 1. The van der Waals surface area contributed by atoms with E-state index in [-0.39, 0.29) is 11.9 Å². The molecule has 0 bridgehead atoms. The van der Waals surface area contributed by atoms with Crippen molar-refractivity contribution < 1.29 is 4.79 Å². The van der Waals surface area contributed by atoms with Crippen LogP contribution < -0.4 is 5.32 Å². The maximum Gasteiger partial charge on any atom is 0.254 e. The molecule has 0 aliphatic carbocycles. The van der Waals surface area contributed by atoms with E-state index in [9.17, 15) is 4.79 Å². The second-order valence-electron chi connectivity index (χ2n) is 5.94. The van der Waals surface area contributed by atoms with Crippen LogP contribution in [0, 0.1) is 6.92 Å². The predicted molar refractivity (Wildman–Crippen MR) is 91.6 cm³/mol. The second kappa shape index (κ2) is 7.12. The van der Waals surface area contributed by atoms with Crippen molar-refractivity contribution in [3.05, 3.63) is 71.6 Å². The van der Waals surface area contributed by atoms with Gasteiger partial charge in [0.2, 0.25) is 0 Å². The van der Waals surface area contributed by atoms with Crippen LogP contribution >= 0.6 is 0 Å². The average molecular weight is 323 g/mol. The van der Waals surface area contributed by atoms with Crippen LogP contribution in [0.2, 0.25) is 0 Å². The van der Waals surface area contributed by atoms with Crippen LogP contribution in [0.15, 0.2) is 49.1 Å². The first kappa shape index (κ1) is 16.0. The van der Waals surface area contributed by atoms with Gasteiger partial charge in [0, 0.05) is 37.6 Å². The molecule has 124 valence electrons. The lowest BCUT2D eigenvalue weighted by molar-refractivity contribution is 0.0936. The number of nitrogens with zero attached hydrogens (tertiary/aromatic N) is 3. The Hall–Kier alpha value is -2.89. The number of rotatable bonds is 6. The number of aromatic amines is 1. The summed E-state index contributed by atoms with van der Waals surface area (Å²) in [5.74, 6) is -0.0963. The number of carbonyl (C=O) groups is 1. The molecule has 0 fully saturated rings. The monoisotopic (exact) mass is 323 g/mol. The number of nitrogens with one attached hydrogen (secondary N) is 2. The lowest BCUT2D eigenvalue weighted by Crippen LogP contribution is -2.38. The molecule has 0 unspecified atom stereocenters. The summed E-state index contributed by atoms with van der Waals surface area (Å²) >= 11 is 0. The largest absolute Gasteiger partial charge is 0.348 e. The highest BCUT2D eigenvalue weighted by atomic mass is 16.1. The van der Waals surface area contributed by atoms with E-state index < -0.39 is 0 Å². The third kappa shape index (κ3) is 3.90. The molecule has 2 N–H and O–H groups in total. The van der Waals surface area contributed by atoms with Gasteiger partial charge in [-0.05, 0) is 18.9 Å². The van der Waals surface area contributed by atoms with E-state index in [0.717, 1.165) is 17.8 Å². The van der Waals surface area contributed by atoms with Crippen molar-refractivity contribution in [2.75, 3.05) is 0 Å². The van der Waals surface area contributed by atoms with Crippen LogP contribution in [0.4, 0.5) is 0 Å². The molecule has 0 saturated carbocycles. The van der Waals surface area contributed by atoms with Crippen molar-refractivity contribution in [1.29, 1.82) is 0 Å². The van der Waals surface area contributed by atoms with Crippen molar-refractivity contribution in [3.8, 4) is 0 Å². The van der Waals surface area contributed by atoms with Crippen molar-refractivity contribution >= 4 is 5.91 Å². The molecule has 0 radical (unpaired) electrons. The molecule has 3 aromatic rings. The van der Waals surface area contributed by atoms with Crippen LogP contribution in [-0.2, 0) is 19.9 Å². The highest BCUT2D eigenvalue weighted by Gasteiger charge is 2.18. The van der Waals surface area contributed by atoms with E-state index in [1.165, 1.54) is 5.56 Å². The highest BCUT2D eigenvalue weighted by molar-refractivity contribution is 5.95. The Morgan fingerprint density at radius 2 is 2.08 bits per heavy atom. The summed E-state index contributed by atoms with van der Waals surface area (Å²) in [5.41, 5.74) is 3.53. The molecule has 0 saturated heterocycles. The summed E-state index contributed by atoms with van der Waals surface area (Å²) in [7, 11) is 1.82.